The third-order valence-electron chi connectivity index (χ3n) is 3.78. The average molecular weight is 380 g/mol. The molecule has 0 radical (unpaired) electrons. The molecule has 1 amide bonds. The quantitative estimate of drug-likeness (QED) is 0.584. The summed E-state index contributed by atoms with van der Waals surface area (Å²) >= 11 is 2.72. The molecule has 0 bridgehead atoms. The Labute approximate surface area is 152 Å². The van der Waals surface area contributed by atoms with Crippen LogP contribution in [0.5, 0.6) is 0 Å². The number of carbonyl (C=O) groups is 3. The van der Waals surface area contributed by atoms with Crippen molar-refractivity contribution in [1.29, 1.82) is 0 Å². The second kappa shape index (κ2) is 7.11. The number of carbonyl (C=O) groups excluding carboxylic acids is 2. The van der Waals surface area contributed by atoms with Gasteiger partial charge in [0.2, 0.25) is 5.91 Å². The first-order chi connectivity index (χ1) is 11.9. The molecule has 132 valence electrons. The van der Waals surface area contributed by atoms with Gasteiger partial charge in [0, 0.05) is 15.6 Å². The van der Waals surface area contributed by atoms with Gasteiger partial charge in [0.25, 0.3) is 0 Å². The highest BCUT2D eigenvalue weighted by Crippen LogP contribution is 2.44. The molecule has 7 nitrogen and oxygen atoms in total. The van der Waals surface area contributed by atoms with Crippen LogP contribution in [0.2, 0.25) is 0 Å². The van der Waals surface area contributed by atoms with Crippen LogP contribution in [-0.2, 0) is 14.3 Å². The van der Waals surface area contributed by atoms with Gasteiger partial charge in [0.15, 0.2) is 0 Å². The summed E-state index contributed by atoms with van der Waals surface area (Å²) in [6.07, 6.45) is 0. The number of thioether (sulfide) groups is 2. The SMILES string of the molecule is CCOC(=O)c1ccc(SC2=C(C(=O)O)N3C(=O)[C@@H](N)[C@H]3SC2)cc1. The van der Waals surface area contributed by atoms with Crippen LogP contribution in [0.4, 0.5) is 0 Å². The summed E-state index contributed by atoms with van der Waals surface area (Å²) in [5, 5.41) is 9.20. The van der Waals surface area contributed by atoms with Crippen LogP contribution in [0.3, 0.4) is 0 Å². The van der Waals surface area contributed by atoms with Crippen LogP contribution < -0.4 is 5.73 Å². The number of hydrogen-bond donors (Lipinski definition) is 2. The van der Waals surface area contributed by atoms with Gasteiger partial charge < -0.3 is 15.6 Å². The molecule has 0 saturated carbocycles. The van der Waals surface area contributed by atoms with Crippen molar-refractivity contribution in [1.82, 2.24) is 4.90 Å². The number of amides is 1. The summed E-state index contributed by atoms with van der Waals surface area (Å²) in [5.41, 5.74) is 6.15. The van der Waals surface area contributed by atoms with Crippen molar-refractivity contribution >= 4 is 41.4 Å². The number of esters is 1. The number of carboxylic acid groups (broad SMARTS) is 1. The van der Waals surface area contributed by atoms with Crippen LogP contribution in [0.25, 0.3) is 0 Å². The second-order valence-corrected chi connectivity index (χ2v) is 7.63. The van der Waals surface area contributed by atoms with Crippen LogP contribution in [-0.4, -0.2) is 51.6 Å². The van der Waals surface area contributed by atoms with Gasteiger partial charge in [-0.15, -0.1) is 11.8 Å². The van der Waals surface area contributed by atoms with Gasteiger partial charge in [-0.25, -0.2) is 9.59 Å². The number of benzene rings is 1. The number of hydrogen-bond acceptors (Lipinski definition) is 7. The summed E-state index contributed by atoms with van der Waals surface area (Å²) in [6, 6.07) is 6.07. The molecule has 3 N–H and O–H groups in total. The van der Waals surface area contributed by atoms with Crippen molar-refractivity contribution in [3.63, 3.8) is 0 Å². The number of nitrogens with two attached hydrogens (primary N) is 1. The van der Waals surface area contributed by atoms with Crippen molar-refractivity contribution in [3.8, 4) is 0 Å². The third kappa shape index (κ3) is 3.26. The molecule has 3 rings (SSSR count). The number of β-lactam (4-membered cyclic amide) rings is 1. The smallest absolute Gasteiger partial charge is 0.353 e. The lowest BCUT2D eigenvalue weighted by atomic mass is 10.1. The van der Waals surface area contributed by atoms with E-state index in [1.165, 1.54) is 28.4 Å². The van der Waals surface area contributed by atoms with Gasteiger partial charge in [-0.05, 0) is 31.2 Å². The monoisotopic (exact) mass is 380 g/mol. The summed E-state index contributed by atoms with van der Waals surface area (Å²) in [6.45, 7) is 2.04. The lowest BCUT2D eigenvalue weighted by Crippen LogP contribution is -2.68. The normalized spacial score (nSPS) is 22.3. The van der Waals surface area contributed by atoms with Gasteiger partial charge in [-0.2, -0.15) is 0 Å². The highest BCUT2D eigenvalue weighted by atomic mass is 32.2. The van der Waals surface area contributed by atoms with Crippen molar-refractivity contribution in [3.05, 3.63) is 40.4 Å². The molecule has 25 heavy (non-hydrogen) atoms. The first kappa shape index (κ1) is 17.8. The largest absolute Gasteiger partial charge is 0.477 e. The van der Waals surface area contributed by atoms with Crippen molar-refractivity contribution in [2.45, 2.75) is 23.2 Å². The van der Waals surface area contributed by atoms with Gasteiger partial charge in [0.05, 0.1) is 12.2 Å². The Kier molecular flexibility index (Phi) is 5.07. The van der Waals surface area contributed by atoms with E-state index < -0.39 is 18.0 Å². The van der Waals surface area contributed by atoms with Crippen LogP contribution >= 0.6 is 23.5 Å². The molecular weight excluding hydrogens is 364 g/mol. The molecule has 0 spiro atoms. The molecule has 1 fully saturated rings. The molecule has 1 aromatic carbocycles. The number of rotatable bonds is 5. The Bertz CT molecular complexity index is 762. The Hall–Kier alpha value is -1.97. The average Bonchev–Trinajstić information content (AvgIpc) is 2.61. The zero-order valence-electron chi connectivity index (χ0n) is 13.3. The molecule has 2 aliphatic rings. The zero-order valence-corrected chi connectivity index (χ0v) is 14.9. The molecule has 2 atom stereocenters. The minimum atomic E-state index is -1.14. The minimum absolute atomic E-state index is 0.00470. The lowest BCUT2D eigenvalue weighted by molar-refractivity contribution is -0.147. The maximum atomic E-state index is 11.9. The summed E-state index contributed by atoms with van der Waals surface area (Å²) in [5.74, 6) is -1.45. The van der Waals surface area contributed by atoms with Crippen LogP contribution in [0, 0.1) is 0 Å². The third-order valence-corrected chi connectivity index (χ3v) is 6.36. The number of ether oxygens (including phenoxy) is 1. The molecule has 0 aliphatic carbocycles. The molecule has 0 aromatic heterocycles. The standard InChI is InChI=1S/C16H16N2O5S2/c1-2-23-16(22)8-3-5-9(6-4-8)25-10-7-24-14-11(17)13(19)18(14)12(10)15(20)21/h3-6,11,14H,2,7,17H2,1H3,(H,20,21)/t11-,14-/m1/s1. The van der Waals surface area contributed by atoms with E-state index in [1.807, 2.05) is 0 Å². The maximum absolute atomic E-state index is 11.9. The number of nitrogens with zero attached hydrogens (tertiary/aromatic N) is 1. The predicted molar refractivity (Wildman–Crippen MR) is 94.0 cm³/mol. The van der Waals surface area contributed by atoms with E-state index in [0.29, 0.717) is 22.8 Å². The Morgan fingerprint density at radius 1 is 1.40 bits per heavy atom. The Morgan fingerprint density at radius 2 is 2.08 bits per heavy atom. The van der Waals surface area contributed by atoms with Gasteiger partial charge in [-0.1, -0.05) is 11.8 Å². The topological polar surface area (TPSA) is 110 Å². The highest BCUT2D eigenvalue weighted by molar-refractivity contribution is 8.06. The summed E-state index contributed by atoms with van der Waals surface area (Å²) in [7, 11) is 0. The van der Waals surface area contributed by atoms with Crippen molar-refractivity contribution in [2.24, 2.45) is 5.73 Å². The highest BCUT2D eigenvalue weighted by Gasteiger charge is 2.51. The van der Waals surface area contributed by atoms with Crippen molar-refractivity contribution < 1.29 is 24.2 Å². The van der Waals surface area contributed by atoms with Crippen LogP contribution in [0.15, 0.2) is 39.8 Å². The van der Waals surface area contributed by atoms with E-state index >= 15 is 0 Å². The predicted octanol–water partition coefficient (Wildman–Crippen LogP) is 1.49. The molecule has 1 aromatic rings. The fraction of sp³-hybridized carbons (Fsp3) is 0.312. The van der Waals surface area contributed by atoms with E-state index in [1.54, 1.807) is 31.2 Å². The zero-order chi connectivity index (χ0) is 18.1. The Balaban J connectivity index is 1.82. The van der Waals surface area contributed by atoms with E-state index in [-0.39, 0.29) is 17.0 Å². The van der Waals surface area contributed by atoms with E-state index in [9.17, 15) is 19.5 Å². The number of aliphatic carboxylic acids is 1. The molecule has 0 unspecified atom stereocenters. The summed E-state index contributed by atoms with van der Waals surface area (Å²) in [4.78, 5) is 37.8. The van der Waals surface area contributed by atoms with E-state index in [2.05, 4.69) is 0 Å². The van der Waals surface area contributed by atoms with E-state index in [0.717, 1.165) is 4.90 Å². The first-order valence-corrected chi connectivity index (χ1v) is 9.42. The fourth-order valence-electron chi connectivity index (χ4n) is 2.58. The molecule has 2 aliphatic heterocycles. The molecule has 9 heteroatoms. The van der Waals surface area contributed by atoms with Gasteiger partial charge in [0.1, 0.15) is 17.1 Å². The second-order valence-electron chi connectivity index (χ2n) is 5.36. The minimum Gasteiger partial charge on any atom is -0.477 e. The first-order valence-electron chi connectivity index (χ1n) is 7.55. The van der Waals surface area contributed by atoms with Gasteiger partial charge >= 0.3 is 11.9 Å². The lowest BCUT2D eigenvalue weighted by Gasteiger charge is -2.47. The van der Waals surface area contributed by atoms with Crippen LogP contribution in [0.1, 0.15) is 17.3 Å². The molecule has 1 saturated heterocycles. The van der Waals surface area contributed by atoms with Gasteiger partial charge in [-0.3, -0.25) is 9.69 Å². The molecular formula is C16H16N2O5S2. The fourth-order valence-corrected chi connectivity index (χ4v) is 5.00. The maximum Gasteiger partial charge on any atom is 0.353 e. The molecule has 2 heterocycles. The Morgan fingerprint density at radius 3 is 2.68 bits per heavy atom. The van der Waals surface area contributed by atoms with E-state index in [4.69, 9.17) is 10.5 Å². The number of fused-ring (bicyclic) bond motifs is 1. The summed E-state index contributed by atoms with van der Waals surface area (Å²) < 4.78 is 4.93. The number of carboxylic acids is 1. The van der Waals surface area contributed by atoms with Crippen molar-refractivity contribution in [2.75, 3.05) is 12.4 Å².